The Morgan fingerprint density at radius 1 is 0.778 bits per heavy atom. The molecule has 94 valence electrons. The third-order valence-corrected chi connectivity index (χ3v) is 3.85. The van der Waals surface area contributed by atoms with Gasteiger partial charge in [0.15, 0.2) is 0 Å². The van der Waals surface area contributed by atoms with E-state index in [-0.39, 0.29) is 12.0 Å². The van der Waals surface area contributed by atoms with Crippen molar-refractivity contribution in [3.63, 3.8) is 0 Å². The fraction of sp³-hybridized carbons (Fsp3) is 0.200. The second-order valence-electron chi connectivity index (χ2n) is 4.34. The molecule has 0 unspecified atom stereocenters. The predicted octanol–water partition coefficient (Wildman–Crippen LogP) is 4.37. The summed E-state index contributed by atoms with van der Waals surface area (Å²) in [5.74, 6) is 0.0916. The van der Waals surface area contributed by atoms with E-state index < -0.39 is 9.46 Å². The molecule has 0 saturated heterocycles. The molecule has 2 aromatic rings. The van der Waals surface area contributed by atoms with Crippen LogP contribution in [0.3, 0.4) is 0 Å². The third-order valence-electron chi connectivity index (χ3n) is 3.08. The summed E-state index contributed by atoms with van der Waals surface area (Å²) in [5, 5.41) is 0. The number of rotatable bonds is 5. The minimum atomic E-state index is -3.47. The molecule has 0 aliphatic heterocycles. The van der Waals surface area contributed by atoms with Crippen molar-refractivity contribution in [2.24, 2.45) is 0 Å². The highest BCUT2D eigenvalue weighted by Gasteiger charge is 2.17. The lowest BCUT2D eigenvalue weighted by atomic mass is 9.89. The predicted molar refractivity (Wildman–Crippen MR) is 73.5 cm³/mol. The van der Waals surface area contributed by atoms with Gasteiger partial charge in [-0.1, -0.05) is 60.7 Å². The first-order valence-corrected chi connectivity index (χ1v) is 7.84. The Balaban J connectivity index is 2.24. The molecule has 0 aromatic heterocycles. The molecular formula is C15H16F2Si. The molecule has 0 aliphatic carbocycles. The second kappa shape index (κ2) is 6.45. The third kappa shape index (κ3) is 3.50. The highest BCUT2D eigenvalue weighted by Crippen LogP contribution is 2.29. The Morgan fingerprint density at radius 3 is 1.61 bits per heavy atom. The van der Waals surface area contributed by atoms with Gasteiger partial charge in [-0.3, -0.25) is 8.22 Å². The van der Waals surface area contributed by atoms with E-state index in [1.807, 2.05) is 60.7 Å². The molecule has 0 fully saturated rings. The van der Waals surface area contributed by atoms with Gasteiger partial charge >= 0.3 is 9.46 Å². The topological polar surface area (TPSA) is 0 Å². The number of halogens is 2. The van der Waals surface area contributed by atoms with Gasteiger partial charge < -0.3 is 0 Å². The molecule has 2 rings (SSSR count). The van der Waals surface area contributed by atoms with Crippen molar-refractivity contribution >= 4 is 9.46 Å². The molecule has 0 aliphatic rings. The van der Waals surface area contributed by atoms with Gasteiger partial charge in [-0.25, -0.2) is 0 Å². The van der Waals surface area contributed by atoms with Crippen LogP contribution in [0.5, 0.6) is 0 Å². The van der Waals surface area contributed by atoms with Crippen LogP contribution in [0.1, 0.15) is 23.5 Å². The lowest BCUT2D eigenvalue weighted by Crippen LogP contribution is -2.05. The van der Waals surface area contributed by atoms with Crippen molar-refractivity contribution in [1.82, 2.24) is 0 Å². The summed E-state index contributed by atoms with van der Waals surface area (Å²) in [6, 6.07) is 19.9. The first kappa shape index (κ1) is 13.0. The quantitative estimate of drug-likeness (QED) is 0.554. The average molecular weight is 262 g/mol. The molecule has 0 saturated carbocycles. The SMILES string of the molecule is F[SiH](F)CCC(c1ccccc1)c1ccccc1. The van der Waals surface area contributed by atoms with E-state index in [0.717, 1.165) is 11.1 Å². The lowest BCUT2D eigenvalue weighted by Gasteiger charge is -2.17. The first-order chi connectivity index (χ1) is 8.77. The van der Waals surface area contributed by atoms with E-state index in [1.54, 1.807) is 0 Å². The van der Waals surface area contributed by atoms with Crippen LogP contribution in [-0.4, -0.2) is 9.46 Å². The monoisotopic (exact) mass is 262 g/mol. The van der Waals surface area contributed by atoms with Gasteiger partial charge in [-0.05, 0) is 23.6 Å². The fourth-order valence-corrected chi connectivity index (χ4v) is 2.77. The fourth-order valence-electron chi connectivity index (χ4n) is 2.19. The van der Waals surface area contributed by atoms with Crippen molar-refractivity contribution in [2.45, 2.75) is 18.4 Å². The van der Waals surface area contributed by atoms with E-state index in [4.69, 9.17) is 0 Å². The molecular weight excluding hydrogens is 246 g/mol. The van der Waals surface area contributed by atoms with Crippen LogP contribution in [-0.2, 0) is 0 Å². The normalized spacial score (nSPS) is 11.1. The maximum absolute atomic E-state index is 12.6. The number of benzene rings is 2. The van der Waals surface area contributed by atoms with Gasteiger partial charge in [-0.2, -0.15) is 0 Å². The van der Waals surface area contributed by atoms with Crippen molar-refractivity contribution in [2.75, 3.05) is 0 Å². The Kier molecular flexibility index (Phi) is 4.64. The molecule has 18 heavy (non-hydrogen) atoms. The molecule has 0 nitrogen and oxygen atoms in total. The zero-order valence-corrected chi connectivity index (χ0v) is 11.3. The van der Waals surface area contributed by atoms with Crippen LogP contribution in [0.25, 0.3) is 0 Å². The Labute approximate surface area is 108 Å². The minimum Gasteiger partial charge on any atom is -0.275 e. The van der Waals surface area contributed by atoms with Crippen LogP contribution in [0, 0.1) is 0 Å². The largest absolute Gasteiger partial charge is 0.411 e. The average Bonchev–Trinajstić information content (AvgIpc) is 2.41. The van der Waals surface area contributed by atoms with Gasteiger partial charge in [0, 0.05) is 5.92 Å². The van der Waals surface area contributed by atoms with E-state index >= 15 is 0 Å². The highest BCUT2D eigenvalue weighted by molar-refractivity contribution is 6.42. The molecule has 0 spiro atoms. The van der Waals surface area contributed by atoms with E-state index in [2.05, 4.69) is 0 Å². The zero-order valence-electron chi connectivity index (χ0n) is 10.1. The van der Waals surface area contributed by atoms with Crippen molar-refractivity contribution < 1.29 is 8.22 Å². The molecule has 0 bridgehead atoms. The molecule has 3 heteroatoms. The first-order valence-electron chi connectivity index (χ1n) is 6.15. The zero-order chi connectivity index (χ0) is 12.8. The van der Waals surface area contributed by atoms with Crippen LogP contribution < -0.4 is 0 Å². The van der Waals surface area contributed by atoms with Crippen molar-refractivity contribution in [3.8, 4) is 0 Å². The Bertz CT molecular complexity index is 417. The van der Waals surface area contributed by atoms with Crippen LogP contribution in [0.2, 0.25) is 6.04 Å². The van der Waals surface area contributed by atoms with Crippen molar-refractivity contribution in [1.29, 1.82) is 0 Å². The molecule has 2 aromatic carbocycles. The van der Waals surface area contributed by atoms with E-state index in [9.17, 15) is 8.22 Å². The molecule has 0 amide bonds. The smallest absolute Gasteiger partial charge is 0.275 e. The van der Waals surface area contributed by atoms with Crippen LogP contribution >= 0.6 is 0 Å². The highest BCUT2D eigenvalue weighted by atomic mass is 28.4. The maximum Gasteiger partial charge on any atom is 0.411 e. The summed E-state index contributed by atoms with van der Waals surface area (Å²) in [5.41, 5.74) is 2.25. The van der Waals surface area contributed by atoms with Crippen molar-refractivity contribution in [3.05, 3.63) is 71.8 Å². The van der Waals surface area contributed by atoms with E-state index in [0.29, 0.717) is 6.42 Å². The molecule has 0 heterocycles. The van der Waals surface area contributed by atoms with Gasteiger partial charge in [-0.15, -0.1) is 0 Å². The van der Waals surface area contributed by atoms with Gasteiger partial charge in [0.25, 0.3) is 0 Å². The Hall–Kier alpha value is -1.48. The summed E-state index contributed by atoms with van der Waals surface area (Å²) in [6.07, 6.45) is 0.540. The summed E-state index contributed by atoms with van der Waals surface area (Å²) in [7, 11) is -3.47. The summed E-state index contributed by atoms with van der Waals surface area (Å²) in [6.45, 7) is 0. The maximum atomic E-state index is 12.6. The Morgan fingerprint density at radius 2 is 1.22 bits per heavy atom. The number of hydrogen-bond acceptors (Lipinski definition) is 0. The van der Waals surface area contributed by atoms with Gasteiger partial charge in [0.05, 0.1) is 0 Å². The minimum absolute atomic E-state index is 0.0778. The molecule has 0 atom stereocenters. The van der Waals surface area contributed by atoms with Gasteiger partial charge in [0.2, 0.25) is 0 Å². The van der Waals surface area contributed by atoms with E-state index in [1.165, 1.54) is 0 Å². The van der Waals surface area contributed by atoms with Crippen LogP contribution in [0.15, 0.2) is 60.7 Å². The summed E-state index contributed by atoms with van der Waals surface area (Å²) < 4.78 is 25.1. The van der Waals surface area contributed by atoms with Crippen LogP contribution in [0.4, 0.5) is 8.22 Å². The summed E-state index contributed by atoms with van der Waals surface area (Å²) in [4.78, 5) is 0. The number of hydrogen-bond donors (Lipinski definition) is 0. The molecule has 0 radical (unpaired) electrons. The lowest BCUT2D eigenvalue weighted by molar-refractivity contribution is 0.628. The molecule has 0 N–H and O–H groups in total. The summed E-state index contributed by atoms with van der Waals surface area (Å²) >= 11 is 0. The van der Waals surface area contributed by atoms with Gasteiger partial charge in [0.1, 0.15) is 0 Å². The second-order valence-corrected chi connectivity index (χ2v) is 5.70. The standard InChI is InChI=1S/C15H16F2Si/c16-18(17)12-11-15(13-7-3-1-4-8-13)14-9-5-2-6-10-14/h1-10,15,18H,11-12H2.